The summed E-state index contributed by atoms with van der Waals surface area (Å²) in [6.45, 7) is 4.47. The van der Waals surface area contributed by atoms with Crippen molar-refractivity contribution >= 4 is 5.71 Å². The van der Waals surface area contributed by atoms with Crippen LogP contribution < -0.4 is 0 Å². The van der Waals surface area contributed by atoms with E-state index < -0.39 is 0 Å². The minimum Gasteiger partial charge on any atom is -0.411 e. The van der Waals surface area contributed by atoms with E-state index in [2.05, 4.69) is 18.2 Å². The van der Waals surface area contributed by atoms with Crippen molar-refractivity contribution in [3.63, 3.8) is 0 Å². The normalized spacial score (nSPS) is 49.9. The number of fused-ring (bicyclic) bond motifs is 5. The highest BCUT2D eigenvalue weighted by atomic mass is 16.4. The minimum atomic E-state index is -0.0952. The van der Waals surface area contributed by atoms with Crippen molar-refractivity contribution in [3.05, 3.63) is 11.6 Å². The maximum atomic E-state index is 9.98. The Labute approximate surface area is 139 Å². The van der Waals surface area contributed by atoms with Crippen molar-refractivity contribution in [1.29, 1.82) is 0 Å². The van der Waals surface area contributed by atoms with Gasteiger partial charge in [0, 0.05) is 5.92 Å². The molecule has 0 aromatic heterocycles. The third-order valence-corrected chi connectivity index (χ3v) is 8.08. The number of aliphatic hydroxyl groups excluding tert-OH is 1. The Kier molecular flexibility index (Phi) is 3.83. The first-order valence-electron chi connectivity index (χ1n) is 9.60. The molecule has 7 unspecified atom stereocenters. The minimum absolute atomic E-state index is 0.0952. The topological polar surface area (TPSA) is 52.8 Å². The van der Waals surface area contributed by atoms with Crippen molar-refractivity contribution in [2.45, 2.75) is 71.3 Å². The van der Waals surface area contributed by atoms with E-state index in [1.54, 1.807) is 5.57 Å². The van der Waals surface area contributed by atoms with E-state index in [-0.39, 0.29) is 6.10 Å². The van der Waals surface area contributed by atoms with Crippen LogP contribution in [0.3, 0.4) is 0 Å². The van der Waals surface area contributed by atoms with Crippen LogP contribution in [0.1, 0.15) is 65.2 Å². The molecule has 4 aliphatic rings. The van der Waals surface area contributed by atoms with Gasteiger partial charge in [-0.05, 0) is 87.4 Å². The molecule has 0 heterocycles. The lowest BCUT2D eigenvalue weighted by Crippen LogP contribution is -2.47. The van der Waals surface area contributed by atoms with E-state index in [4.69, 9.17) is 0 Å². The zero-order chi connectivity index (χ0) is 16.2. The second-order valence-corrected chi connectivity index (χ2v) is 8.91. The zero-order valence-electron chi connectivity index (χ0n) is 14.5. The number of nitrogens with zero attached hydrogens (tertiary/aromatic N) is 1. The predicted molar refractivity (Wildman–Crippen MR) is 91.5 cm³/mol. The maximum absolute atomic E-state index is 9.98. The summed E-state index contributed by atoms with van der Waals surface area (Å²) in [5, 5.41) is 22.8. The molecule has 23 heavy (non-hydrogen) atoms. The lowest BCUT2D eigenvalue weighted by atomic mass is 9.51. The lowest BCUT2D eigenvalue weighted by Gasteiger charge is -2.53. The summed E-state index contributed by atoms with van der Waals surface area (Å²) in [5.41, 5.74) is 2.84. The monoisotopic (exact) mass is 317 g/mol. The summed E-state index contributed by atoms with van der Waals surface area (Å²) < 4.78 is 0. The van der Waals surface area contributed by atoms with Gasteiger partial charge in [0.15, 0.2) is 0 Å². The van der Waals surface area contributed by atoms with Crippen LogP contribution in [0.4, 0.5) is 0 Å². The van der Waals surface area contributed by atoms with Gasteiger partial charge in [-0.1, -0.05) is 23.7 Å². The van der Waals surface area contributed by atoms with Gasteiger partial charge in [-0.15, -0.1) is 0 Å². The van der Waals surface area contributed by atoms with Gasteiger partial charge in [0.1, 0.15) is 0 Å². The highest BCUT2D eigenvalue weighted by molar-refractivity contribution is 5.84. The molecule has 0 spiro atoms. The fourth-order valence-corrected chi connectivity index (χ4v) is 7.01. The molecule has 3 fully saturated rings. The lowest BCUT2D eigenvalue weighted by molar-refractivity contribution is -0.00802. The summed E-state index contributed by atoms with van der Waals surface area (Å²) in [7, 11) is 0. The van der Waals surface area contributed by atoms with Crippen molar-refractivity contribution in [3.8, 4) is 0 Å². The zero-order valence-corrected chi connectivity index (χ0v) is 14.5. The molecule has 0 amide bonds. The Morgan fingerprint density at radius 1 is 1.17 bits per heavy atom. The summed E-state index contributed by atoms with van der Waals surface area (Å²) >= 11 is 0. The third kappa shape index (κ3) is 2.30. The van der Waals surface area contributed by atoms with Crippen LogP contribution in [-0.2, 0) is 0 Å². The molecule has 4 rings (SSSR count). The molecule has 0 aromatic rings. The first-order valence-corrected chi connectivity index (χ1v) is 9.60. The van der Waals surface area contributed by atoms with Crippen LogP contribution in [-0.4, -0.2) is 22.1 Å². The van der Waals surface area contributed by atoms with Crippen molar-refractivity contribution in [2.24, 2.45) is 40.2 Å². The fourth-order valence-electron chi connectivity index (χ4n) is 7.01. The van der Waals surface area contributed by atoms with E-state index in [0.717, 1.165) is 42.2 Å². The molecule has 3 saturated carbocycles. The molecule has 2 N–H and O–H groups in total. The Bertz CT molecular complexity index is 540. The van der Waals surface area contributed by atoms with Gasteiger partial charge in [-0.3, -0.25) is 0 Å². The number of allylic oxidation sites excluding steroid dienone is 1. The third-order valence-electron chi connectivity index (χ3n) is 8.08. The van der Waals surface area contributed by atoms with Gasteiger partial charge in [0.05, 0.1) is 11.8 Å². The van der Waals surface area contributed by atoms with Crippen LogP contribution in [0.25, 0.3) is 0 Å². The molecule has 3 heteroatoms. The fraction of sp³-hybridized carbons (Fsp3) is 0.850. The van der Waals surface area contributed by atoms with Crippen LogP contribution in [0.2, 0.25) is 0 Å². The largest absolute Gasteiger partial charge is 0.411 e. The van der Waals surface area contributed by atoms with Gasteiger partial charge in [-0.25, -0.2) is 0 Å². The van der Waals surface area contributed by atoms with Crippen LogP contribution in [0, 0.1) is 35.0 Å². The molecule has 0 radical (unpaired) electrons. The molecule has 0 saturated heterocycles. The van der Waals surface area contributed by atoms with E-state index in [1.165, 1.54) is 38.5 Å². The molecule has 0 aromatic carbocycles. The smallest absolute Gasteiger partial charge is 0.0577 e. The summed E-state index contributed by atoms with van der Waals surface area (Å²) in [4.78, 5) is 0. The first kappa shape index (κ1) is 15.7. The van der Waals surface area contributed by atoms with E-state index in [1.807, 2.05) is 6.92 Å². The number of hydrogen-bond acceptors (Lipinski definition) is 3. The number of rotatable bonds is 1. The highest BCUT2D eigenvalue weighted by Crippen LogP contribution is 2.63. The van der Waals surface area contributed by atoms with E-state index in [9.17, 15) is 10.3 Å². The summed E-state index contributed by atoms with van der Waals surface area (Å²) in [6, 6.07) is 0. The van der Waals surface area contributed by atoms with Crippen LogP contribution >= 0.6 is 0 Å². The highest BCUT2D eigenvalue weighted by Gasteiger charge is 2.56. The Morgan fingerprint density at radius 2 is 2.00 bits per heavy atom. The van der Waals surface area contributed by atoms with Crippen LogP contribution in [0.5, 0.6) is 0 Å². The van der Waals surface area contributed by atoms with Gasteiger partial charge in [0.2, 0.25) is 0 Å². The van der Waals surface area contributed by atoms with Crippen molar-refractivity contribution in [2.75, 3.05) is 0 Å². The quantitative estimate of drug-likeness (QED) is 0.326. The number of oxime groups is 1. The average molecular weight is 317 g/mol. The maximum Gasteiger partial charge on any atom is 0.0577 e. The SMILES string of the molecule is CC(=NO)C1CCC2C3CC=C4CC(O)CCC4C3CCC12C. The second-order valence-electron chi connectivity index (χ2n) is 8.91. The standard InChI is InChI=1S/C20H31NO2/c1-12(21-23)18-7-8-19-17-5-3-13-11-14(22)4-6-15(13)16(17)9-10-20(18,19)2/h3,14-19,22-23H,4-11H2,1-2H3. The molecule has 4 aliphatic carbocycles. The Hall–Kier alpha value is -0.830. The average Bonchev–Trinajstić information content (AvgIpc) is 2.90. The van der Waals surface area contributed by atoms with E-state index >= 15 is 0 Å². The molecule has 3 nitrogen and oxygen atoms in total. The summed E-state index contributed by atoms with van der Waals surface area (Å²) in [6.07, 6.45) is 11.8. The predicted octanol–water partition coefficient (Wildman–Crippen LogP) is 4.39. The molecule has 0 aliphatic heterocycles. The molecule has 7 atom stereocenters. The van der Waals surface area contributed by atoms with Crippen LogP contribution in [0.15, 0.2) is 16.8 Å². The number of hydrogen-bond donors (Lipinski definition) is 2. The van der Waals surface area contributed by atoms with Gasteiger partial charge < -0.3 is 10.3 Å². The van der Waals surface area contributed by atoms with Crippen molar-refractivity contribution < 1.29 is 10.3 Å². The number of aliphatic hydroxyl groups is 1. The summed E-state index contributed by atoms with van der Waals surface area (Å²) in [5.74, 6) is 3.65. The first-order chi connectivity index (χ1) is 11.0. The van der Waals surface area contributed by atoms with Gasteiger partial charge in [-0.2, -0.15) is 0 Å². The molecule has 128 valence electrons. The Morgan fingerprint density at radius 3 is 2.78 bits per heavy atom. The molecular weight excluding hydrogens is 286 g/mol. The van der Waals surface area contributed by atoms with Crippen molar-refractivity contribution in [1.82, 2.24) is 0 Å². The van der Waals surface area contributed by atoms with Gasteiger partial charge >= 0.3 is 0 Å². The van der Waals surface area contributed by atoms with Gasteiger partial charge in [0.25, 0.3) is 0 Å². The molecular formula is C20H31NO2. The second kappa shape index (κ2) is 5.61. The van der Waals surface area contributed by atoms with E-state index in [0.29, 0.717) is 11.3 Å². The Balaban J connectivity index is 1.60. The molecule has 0 bridgehead atoms.